The lowest BCUT2D eigenvalue weighted by atomic mass is 10.2. The molecule has 0 aliphatic rings. The highest BCUT2D eigenvalue weighted by atomic mass is 32.2. The number of aromatic nitrogens is 6. The van der Waals surface area contributed by atoms with Gasteiger partial charge in [0.1, 0.15) is 5.82 Å². The van der Waals surface area contributed by atoms with Gasteiger partial charge in [-0.3, -0.25) is 14.3 Å². The Hall–Kier alpha value is -3.26. The quantitative estimate of drug-likeness (QED) is 0.400. The Morgan fingerprint density at radius 2 is 2.11 bits per heavy atom. The second kappa shape index (κ2) is 7.77. The lowest BCUT2D eigenvalue weighted by Crippen LogP contribution is -2.13. The molecule has 140 valence electrons. The summed E-state index contributed by atoms with van der Waals surface area (Å²) in [5.74, 6) is 1.33. The Morgan fingerprint density at radius 1 is 1.25 bits per heavy atom. The number of benzene rings is 1. The van der Waals surface area contributed by atoms with Gasteiger partial charge in [-0.1, -0.05) is 30.0 Å². The molecule has 1 unspecified atom stereocenters. The van der Waals surface area contributed by atoms with Gasteiger partial charge in [0.2, 0.25) is 0 Å². The van der Waals surface area contributed by atoms with E-state index in [-0.39, 0.29) is 10.8 Å². The maximum absolute atomic E-state index is 12.4. The largest absolute Gasteiger partial charge is 0.309 e. The van der Waals surface area contributed by atoms with Crippen LogP contribution >= 0.6 is 11.8 Å². The molecular formula is C20H18N6OS. The maximum atomic E-state index is 12.4. The molecule has 1 N–H and O–H groups in total. The van der Waals surface area contributed by atoms with Crippen molar-refractivity contribution in [1.29, 1.82) is 0 Å². The van der Waals surface area contributed by atoms with Crippen LogP contribution in [0.25, 0.3) is 22.3 Å². The van der Waals surface area contributed by atoms with Crippen molar-refractivity contribution in [2.45, 2.75) is 23.9 Å². The molecule has 0 saturated carbocycles. The zero-order valence-electron chi connectivity index (χ0n) is 15.2. The summed E-state index contributed by atoms with van der Waals surface area (Å²) in [6.45, 7) is 6.38. The first-order valence-corrected chi connectivity index (χ1v) is 9.65. The Balaban J connectivity index is 1.68. The van der Waals surface area contributed by atoms with E-state index in [4.69, 9.17) is 0 Å². The molecule has 0 amide bonds. The topological polar surface area (TPSA) is 89.4 Å². The van der Waals surface area contributed by atoms with Crippen molar-refractivity contribution in [3.63, 3.8) is 0 Å². The molecule has 1 aromatic carbocycles. The van der Waals surface area contributed by atoms with E-state index >= 15 is 0 Å². The van der Waals surface area contributed by atoms with Crippen LogP contribution in [0.1, 0.15) is 18.0 Å². The van der Waals surface area contributed by atoms with Crippen molar-refractivity contribution < 1.29 is 0 Å². The second-order valence-electron chi connectivity index (χ2n) is 6.18. The van der Waals surface area contributed by atoms with Crippen molar-refractivity contribution >= 4 is 22.7 Å². The molecule has 28 heavy (non-hydrogen) atoms. The van der Waals surface area contributed by atoms with Crippen LogP contribution in [0.4, 0.5) is 0 Å². The number of fused-ring (bicyclic) bond motifs is 1. The first-order valence-electron chi connectivity index (χ1n) is 8.77. The SMILES string of the molecule is C=CCn1c(SC(C)c2nc3ccccc3c(=O)[nH]2)nnc1-c1cccnc1. The normalized spacial score (nSPS) is 12.2. The number of hydrogen-bond donors (Lipinski definition) is 1. The third-order valence-corrected chi connectivity index (χ3v) is 5.34. The first-order chi connectivity index (χ1) is 13.7. The smallest absolute Gasteiger partial charge is 0.258 e. The molecule has 0 spiro atoms. The highest BCUT2D eigenvalue weighted by Crippen LogP contribution is 2.33. The number of nitrogens with zero attached hydrogens (tertiary/aromatic N) is 5. The molecule has 0 aliphatic heterocycles. The highest BCUT2D eigenvalue weighted by Gasteiger charge is 2.19. The van der Waals surface area contributed by atoms with Gasteiger partial charge < -0.3 is 4.98 Å². The van der Waals surface area contributed by atoms with E-state index in [9.17, 15) is 4.79 Å². The Bertz CT molecular complexity index is 1180. The molecule has 4 aromatic rings. The van der Waals surface area contributed by atoms with Gasteiger partial charge >= 0.3 is 0 Å². The van der Waals surface area contributed by atoms with Gasteiger partial charge in [-0.05, 0) is 31.2 Å². The molecule has 3 aromatic heterocycles. The highest BCUT2D eigenvalue weighted by molar-refractivity contribution is 7.99. The minimum absolute atomic E-state index is 0.119. The minimum Gasteiger partial charge on any atom is -0.309 e. The first kappa shape index (κ1) is 18.1. The molecule has 3 heterocycles. The maximum Gasteiger partial charge on any atom is 0.258 e. The van der Waals surface area contributed by atoms with Crippen LogP contribution in [0.5, 0.6) is 0 Å². The number of allylic oxidation sites excluding steroid dienone is 1. The molecule has 0 aliphatic carbocycles. The number of thioether (sulfide) groups is 1. The Morgan fingerprint density at radius 3 is 2.89 bits per heavy atom. The number of para-hydroxylation sites is 1. The standard InChI is InChI=1S/C20H18N6OS/c1-3-11-26-18(14-7-6-10-21-12-14)24-25-20(26)28-13(2)17-22-16-9-5-4-8-15(16)19(27)23-17/h3-10,12-13H,1,11H2,2H3,(H,22,23,27). The fourth-order valence-corrected chi connectivity index (χ4v) is 3.80. The molecule has 0 bridgehead atoms. The predicted octanol–water partition coefficient (Wildman–Crippen LogP) is 3.62. The summed E-state index contributed by atoms with van der Waals surface area (Å²) < 4.78 is 1.98. The third kappa shape index (κ3) is 3.46. The number of rotatable bonds is 6. The average molecular weight is 390 g/mol. The number of hydrogen-bond acceptors (Lipinski definition) is 6. The number of aromatic amines is 1. The van der Waals surface area contributed by atoms with Crippen LogP contribution in [-0.2, 0) is 6.54 Å². The van der Waals surface area contributed by atoms with Gasteiger partial charge in [-0.15, -0.1) is 16.8 Å². The van der Waals surface area contributed by atoms with Crippen molar-refractivity contribution in [2.24, 2.45) is 0 Å². The van der Waals surface area contributed by atoms with Gasteiger partial charge in [-0.2, -0.15) is 0 Å². The van der Waals surface area contributed by atoms with Crippen molar-refractivity contribution in [2.75, 3.05) is 0 Å². The van der Waals surface area contributed by atoms with Crippen LogP contribution < -0.4 is 5.56 Å². The van der Waals surface area contributed by atoms with Crippen molar-refractivity contribution in [3.8, 4) is 11.4 Å². The summed E-state index contributed by atoms with van der Waals surface area (Å²) in [7, 11) is 0. The van der Waals surface area contributed by atoms with Crippen LogP contribution in [0.2, 0.25) is 0 Å². The van der Waals surface area contributed by atoms with Crippen LogP contribution in [0.3, 0.4) is 0 Å². The third-order valence-electron chi connectivity index (χ3n) is 4.25. The monoisotopic (exact) mass is 390 g/mol. The van der Waals surface area contributed by atoms with E-state index < -0.39 is 0 Å². The van der Waals surface area contributed by atoms with Gasteiger partial charge in [0.25, 0.3) is 5.56 Å². The Labute approximate surface area is 165 Å². The fraction of sp³-hybridized carbons (Fsp3) is 0.150. The number of pyridine rings is 1. The fourth-order valence-electron chi connectivity index (χ4n) is 2.89. The minimum atomic E-state index is -0.142. The number of nitrogens with one attached hydrogen (secondary N) is 1. The summed E-state index contributed by atoms with van der Waals surface area (Å²) in [5, 5.41) is 9.86. The summed E-state index contributed by atoms with van der Waals surface area (Å²) >= 11 is 1.48. The van der Waals surface area contributed by atoms with E-state index in [0.717, 1.165) is 16.5 Å². The summed E-state index contributed by atoms with van der Waals surface area (Å²) in [6, 6.07) is 11.1. The molecule has 4 rings (SSSR count). The molecule has 0 fully saturated rings. The zero-order chi connectivity index (χ0) is 19.5. The van der Waals surface area contributed by atoms with Gasteiger partial charge in [0.15, 0.2) is 11.0 Å². The molecule has 0 radical (unpaired) electrons. The van der Waals surface area contributed by atoms with E-state index in [0.29, 0.717) is 23.3 Å². The molecule has 8 heteroatoms. The lowest BCUT2D eigenvalue weighted by Gasteiger charge is -2.12. The van der Waals surface area contributed by atoms with Gasteiger partial charge in [-0.25, -0.2) is 4.98 Å². The number of H-pyrrole nitrogens is 1. The second-order valence-corrected chi connectivity index (χ2v) is 7.48. The van der Waals surface area contributed by atoms with Crippen molar-refractivity contribution in [3.05, 3.63) is 77.6 Å². The van der Waals surface area contributed by atoms with E-state index in [2.05, 4.69) is 31.7 Å². The van der Waals surface area contributed by atoms with E-state index in [1.54, 1.807) is 24.5 Å². The molecular weight excluding hydrogens is 372 g/mol. The van der Waals surface area contributed by atoms with Gasteiger partial charge in [0.05, 0.1) is 16.2 Å². The zero-order valence-corrected chi connectivity index (χ0v) is 16.1. The van der Waals surface area contributed by atoms with E-state index in [1.807, 2.05) is 41.8 Å². The van der Waals surface area contributed by atoms with Crippen molar-refractivity contribution in [1.82, 2.24) is 29.7 Å². The van der Waals surface area contributed by atoms with Gasteiger partial charge in [0, 0.05) is 24.5 Å². The molecule has 0 saturated heterocycles. The van der Waals surface area contributed by atoms with E-state index in [1.165, 1.54) is 11.8 Å². The Kier molecular flexibility index (Phi) is 5.03. The summed E-state index contributed by atoms with van der Waals surface area (Å²) in [6.07, 6.45) is 5.27. The van der Waals surface area contributed by atoms with Crippen LogP contribution in [0, 0.1) is 0 Å². The average Bonchev–Trinajstić information content (AvgIpc) is 3.11. The molecule has 1 atom stereocenters. The lowest BCUT2D eigenvalue weighted by molar-refractivity contribution is 0.727. The van der Waals surface area contributed by atoms with Crippen LogP contribution in [-0.4, -0.2) is 29.7 Å². The molecule has 7 nitrogen and oxygen atoms in total. The predicted molar refractivity (Wildman–Crippen MR) is 110 cm³/mol. The summed E-state index contributed by atoms with van der Waals surface area (Å²) in [5.41, 5.74) is 1.42. The summed E-state index contributed by atoms with van der Waals surface area (Å²) in [4.78, 5) is 24.0. The van der Waals surface area contributed by atoms with Crippen LogP contribution in [0.15, 0.2) is 71.4 Å².